The maximum Gasteiger partial charge on any atom is 0.405 e. The standard InChI is InChI=1S/C20H23NO2/c1-12-7-13(2)9-15(8-12)14-5-6-17-16(10-14)11-20(3,4)18(17)23-19(21)22/h5-10,18H,11H2,1-4H3,(H2,21,22). The highest BCUT2D eigenvalue weighted by Crippen LogP contribution is 2.48. The van der Waals surface area contributed by atoms with Crippen molar-refractivity contribution in [2.24, 2.45) is 11.1 Å². The van der Waals surface area contributed by atoms with Gasteiger partial charge < -0.3 is 10.5 Å². The molecule has 0 bridgehead atoms. The maximum absolute atomic E-state index is 11.2. The molecule has 0 fully saturated rings. The van der Waals surface area contributed by atoms with Gasteiger partial charge in [-0.3, -0.25) is 0 Å². The van der Waals surface area contributed by atoms with Crippen LogP contribution in [0.15, 0.2) is 36.4 Å². The molecule has 2 aromatic carbocycles. The number of amides is 1. The van der Waals surface area contributed by atoms with E-state index >= 15 is 0 Å². The van der Waals surface area contributed by atoms with Crippen LogP contribution < -0.4 is 5.73 Å². The molecule has 1 amide bonds. The first-order chi connectivity index (χ1) is 10.8. The molecule has 0 radical (unpaired) electrons. The topological polar surface area (TPSA) is 52.3 Å². The lowest BCUT2D eigenvalue weighted by atomic mass is 9.87. The Labute approximate surface area is 137 Å². The van der Waals surface area contributed by atoms with E-state index in [2.05, 4.69) is 64.1 Å². The van der Waals surface area contributed by atoms with Gasteiger partial charge in [0, 0.05) is 5.41 Å². The fraction of sp³-hybridized carbons (Fsp3) is 0.350. The molecule has 2 N–H and O–H groups in total. The molecular weight excluding hydrogens is 286 g/mol. The van der Waals surface area contributed by atoms with E-state index < -0.39 is 6.09 Å². The Morgan fingerprint density at radius 1 is 1.09 bits per heavy atom. The van der Waals surface area contributed by atoms with E-state index in [4.69, 9.17) is 10.5 Å². The van der Waals surface area contributed by atoms with Crippen LogP contribution in [0.2, 0.25) is 0 Å². The summed E-state index contributed by atoms with van der Waals surface area (Å²) in [6.45, 7) is 8.45. The van der Waals surface area contributed by atoms with Gasteiger partial charge in [-0.05, 0) is 42.5 Å². The third-order valence-corrected chi connectivity index (χ3v) is 4.57. The highest BCUT2D eigenvalue weighted by atomic mass is 16.6. The highest BCUT2D eigenvalue weighted by Gasteiger charge is 2.41. The smallest absolute Gasteiger partial charge is 0.405 e. The van der Waals surface area contributed by atoms with Crippen molar-refractivity contribution in [3.63, 3.8) is 0 Å². The van der Waals surface area contributed by atoms with Crippen molar-refractivity contribution in [2.45, 2.75) is 40.2 Å². The van der Waals surface area contributed by atoms with Gasteiger partial charge in [-0.2, -0.15) is 0 Å². The summed E-state index contributed by atoms with van der Waals surface area (Å²) in [4.78, 5) is 11.2. The van der Waals surface area contributed by atoms with E-state index in [1.807, 2.05) is 0 Å². The van der Waals surface area contributed by atoms with Crippen molar-refractivity contribution < 1.29 is 9.53 Å². The molecule has 3 rings (SSSR count). The lowest BCUT2D eigenvalue weighted by molar-refractivity contribution is 0.0392. The van der Waals surface area contributed by atoms with Crippen LogP contribution in [0.3, 0.4) is 0 Å². The monoisotopic (exact) mass is 309 g/mol. The summed E-state index contributed by atoms with van der Waals surface area (Å²) in [6.07, 6.45) is -0.114. The molecular formula is C20H23NO2. The molecule has 3 heteroatoms. The van der Waals surface area contributed by atoms with Gasteiger partial charge in [0.15, 0.2) is 0 Å². The van der Waals surface area contributed by atoms with Gasteiger partial charge >= 0.3 is 6.09 Å². The first-order valence-electron chi connectivity index (χ1n) is 7.94. The molecule has 1 atom stereocenters. The number of hydrogen-bond donors (Lipinski definition) is 1. The zero-order chi connectivity index (χ0) is 16.8. The second-order valence-corrected chi connectivity index (χ2v) is 7.27. The Morgan fingerprint density at radius 2 is 1.74 bits per heavy atom. The van der Waals surface area contributed by atoms with Crippen molar-refractivity contribution in [1.82, 2.24) is 0 Å². The van der Waals surface area contributed by atoms with Crippen LogP contribution in [0.4, 0.5) is 4.79 Å². The fourth-order valence-electron chi connectivity index (χ4n) is 3.68. The Hall–Kier alpha value is -2.29. The van der Waals surface area contributed by atoms with Gasteiger partial charge in [-0.25, -0.2) is 4.79 Å². The molecule has 3 nitrogen and oxygen atoms in total. The normalized spacial score (nSPS) is 18.5. The summed E-state index contributed by atoms with van der Waals surface area (Å²) in [6, 6.07) is 13.0. The molecule has 1 unspecified atom stereocenters. The van der Waals surface area contributed by atoms with E-state index in [1.54, 1.807) is 0 Å². The molecule has 23 heavy (non-hydrogen) atoms. The van der Waals surface area contributed by atoms with Gasteiger partial charge in [-0.15, -0.1) is 0 Å². The third kappa shape index (κ3) is 2.96. The molecule has 0 saturated carbocycles. The van der Waals surface area contributed by atoms with E-state index in [-0.39, 0.29) is 11.5 Å². The van der Waals surface area contributed by atoms with Crippen molar-refractivity contribution in [3.8, 4) is 11.1 Å². The number of nitrogens with two attached hydrogens (primary N) is 1. The third-order valence-electron chi connectivity index (χ3n) is 4.57. The SMILES string of the molecule is Cc1cc(C)cc(-c2ccc3c(c2)CC(C)(C)C3OC(N)=O)c1. The Bertz CT molecular complexity index is 757. The molecule has 1 aliphatic carbocycles. The van der Waals surface area contributed by atoms with Crippen LogP contribution in [0.1, 0.15) is 42.2 Å². The second kappa shape index (κ2) is 5.41. The number of ether oxygens (including phenoxy) is 1. The maximum atomic E-state index is 11.2. The summed E-state index contributed by atoms with van der Waals surface area (Å²) >= 11 is 0. The first kappa shape index (κ1) is 15.6. The predicted octanol–water partition coefficient (Wildman–Crippen LogP) is 4.69. The number of benzene rings is 2. The second-order valence-electron chi connectivity index (χ2n) is 7.27. The van der Waals surface area contributed by atoms with E-state index in [9.17, 15) is 4.79 Å². The lowest BCUT2D eigenvalue weighted by Gasteiger charge is -2.26. The number of hydrogen-bond acceptors (Lipinski definition) is 2. The molecule has 0 aromatic heterocycles. The summed E-state index contributed by atoms with van der Waals surface area (Å²) in [5.41, 5.74) is 12.4. The number of carbonyl (C=O) groups excluding carboxylic acids is 1. The van der Waals surface area contributed by atoms with Gasteiger partial charge in [0.2, 0.25) is 0 Å². The molecule has 2 aromatic rings. The molecule has 0 aliphatic heterocycles. The number of primary amides is 1. The van der Waals surface area contributed by atoms with Gasteiger partial charge in [-0.1, -0.05) is 61.4 Å². The quantitative estimate of drug-likeness (QED) is 0.875. The minimum atomic E-state index is -0.714. The van der Waals surface area contributed by atoms with Crippen molar-refractivity contribution in [2.75, 3.05) is 0 Å². The van der Waals surface area contributed by atoms with Gasteiger partial charge in [0.1, 0.15) is 6.10 Å². The van der Waals surface area contributed by atoms with Crippen molar-refractivity contribution in [3.05, 3.63) is 58.7 Å². The fourth-order valence-corrected chi connectivity index (χ4v) is 3.68. The van der Waals surface area contributed by atoms with Crippen LogP contribution in [0.25, 0.3) is 11.1 Å². The lowest BCUT2D eigenvalue weighted by Crippen LogP contribution is -2.25. The summed E-state index contributed by atoms with van der Waals surface area (Å²) < 4.78 is 5.38. The minimum Gasteiger partial charge on any atom is -0.441 e. The van der Waals surface area contributed by atoms with Crippen LogP contribution in [0.5, 0.6) is 0 Å². The molecule has 120 valence electrons. The summed E-state index contributed by atoms with van der Waals surface area (Å²) in [5.74, 6) is 0. The highest BCUT2D eigenvalue weighted by molar-refractivity contribution is 5.68. The average molecular weight is 309 g/mol. The van der Waals surface area contributed by atoms with E-state index in [0.717, 1.165) is 12.0 Å². The van der Waals surface area contributed by atoms with Crippen LogP contribution in [-0.2, 0) is 11.2 Å². The number of carbonyl (C=O) groups is 1. The number of rotatable bonds is 2. The van der Waals surface area contributed by atoms with Gasteiger partial charge in [0.05, 0.1) is 0 Å². The number of aryl methyl sites for hydroxylation is 2. The number of fused-ring (bicyclic) bond motifs is 1. The predicted molar refractivity (Wildman–Crippen MR) is 92.2 cm³/mol. The molecule has 0 heterocycles. The van der Waals surface area contributed by atoms with Crippen LogP contribution in [-0.4, -0.2) is 6.09 Å². The van der Waals surface area contributed by atoms with Gasteiger partial charge in [0.25, 0.3) is 0 Å². The molecule has 0 saturated heterocycles. The van der Waals surface area contributed by atoms with E-state index in [1.165, 1.54) is 27.8 Å². The van der Waals surface area contributed by atoms with Crippen molar-refractivity contribution in [1.29, 1.82) is 0 Å². The Balaban J connectivity index is 2.03. The summed E-state index contributed by atoms with van der Waals surface area (Å²) in [5, 5.41) is 0. The summed E-state index contributed by atoms with van der Waals surface area (Å²) in [7, 11) is 0. The van der Waals surface area contributed by atoms with Crippen LogP contribution in [0, 0.1) is 19.3 Å². The molecule has 0 spiro atoms. The zero-order valence-corrected chi connectivity index (χ0v) is 14.1. The zero-order valence-electron chi connectivity index (χ0n) is 14.1. The van der Waals surface area contributed by atoms with Crippen molar-refractivity contribution >= 4 is 6.09 Å². The Morgan fingerprint density at radius 3 is 2.35 bits per heavy atom. The Kier molecular flexibility index (Phi) is 3.67. The average Bonchev–Trinajstić information content (AvgIpc) is 2.67. The molecule has 1 aliphatic rings. The van der Waals surface area contributed by atoms with E-state index in [0.29, 0.717) is 0 Å². The first-order valence-corrected chi connectivity index (χ1v) is 7.94. The minimum absolute atomic E-state index is 0.140. The largest absolute Gasteiger partial charge is 0.441 e. The van der Waals surface area contributed by atoms with Crippen LogP contribution >= 0.6 is 0 Å².